The standard InChI is InChI=1S/C27H28FNO4/c1-16(27(30)31)11-17-3-4-18-6-10-25(33-26(18)12-17)19-5-8-22(20(13-19)15-29)23-14-21(32-2)7-9-24(23)28/h3-5,7-9,12-14,16,25H,6,10-11,15,29H2,1-2H3,(H,30,31)/t16-,25?/m0/s1. The zero-order valence-corrected chi connectivity index (χ0v) is 18.8. The molecule has 6 heteroatoms. The summed E-state index contributed by atoms with van der Waals surface area (Å²) in [6, 6.07) is 16.4. The van der Waals surface area contributed by atoms with E-state index in [-0.39, 0.29) is 18.5 Å². The minimum absolute atomic E-state index is 0.154. The summed E-state index contributed by atoms with van der Waals surface area (Å²) in [6.07, 6.45) is 1.97. The van der Waals surface area contributed by atoms with Crippen LogP contribution in [0.4, 0.5) is 4.39 Å². The van der Waals surface area contributed by atoms with E-state index in [9.17, 15) is 14.3 Å². The van der Waals surface area contributed by atoms with Gasteiger partial charge in [0.1, 0.15) is 23.4 Å². The molecule has 0 fully saturated rings. The minimum Gasteiger partial charge on any atom is -0.497 e. The quantitative estimate of drug-likeness (QED) is 0.512. The van der Waals surface area contributed by atoms with Crippen LogP contribution in [0.5, 0.6) is 11.5 Å². The average molecular weight is 450 g/mol. The summed E-state index contributed by atoms with van der Waals surface area (Å²) in [5.74, 6) is -0.228. The first-order valence-electron chi connectivity index (χ1n) is 11.1. The van der Waals surface area contributed by atoms with Crippen molar-refractivity contribution in [1.82, 2.24) is 0 Å². The highest BCUT2D eigenvalue weighted by Crippen LogP contribution is 2.38. The third-order valence-electron chi connectivity index (χ3n) is 6.22. The van der Waals surface area contributed by atoms with Crippen molar-refractivity contribution >= 4 is 5.97 Å². The van der Waals surface area contributed by atoms with E-state index >= 15 is 0 Å². The van der Waals surface area contributed by atoms with Crippen molar-refractivity contribution in [2.75, 3.05) is 7.11 Å². The molecule has 3 aromatic rings. The number of rotatable bonds is 7. The molecule has 0 bridgehead atoms. The van der Waals surface area contributed by atoms with E-state index in [1.807, 2.05) is 36.4 Å². The first-order chi connectivity index (χ1) is 15.9. The number of nitrogens with two attached hydrogens (primary N) is 1. The van der Waals surface area contributed by atoms with Gasteiger partial charge in [0.15, 0.2) is 0 Å². The summed E-state index contributed by atoms with van der Waals surface area (Å²) in [5, 5.41) is 9.20. The molecule has 0 radical (unpaired) electrons. The maximum absolute atomic E-state index is 14.5. The van der Waals surface area contributed by atoms with Gasteiger partial charge in [0.2, 0.25) is 0 Å². The lowest BCUT2D eigenvalue weighted by Crippen LogP contribution is -2.17. The second-order valence-electron chi connectivity index (χ2n) is 8.50. The zero-order valence-electron chi connectivity index (χ0n) is 18.8. The molecule has 1 unspecified atom stereocenters. The molecule has 0 saturated heterocycles. The monoisotopic (exact) mass is 449 g/mol. The second kappa shape index (κ2) is 9.63. The molecular weight excluding hydrogens is 421 g/mol. The second-order valence-corrected chi connectivity index (χ2v) is 8.50. The lowest BCUT2D eigenvalue weighted by molar-refractivity contribution is -0.141. The van der Waals surface area contributed by atoms with Crippen molar-refractivity contribution in [3.8, 4) is 22.6 Å². The van der Waals surface area contributed by atoms with Crippen LogP contribution in [-0.4, -0.2) is 18.2 Å². The number of methoxy groups -OCH3 is 1. The Morgan fingerprint density at radius 2 is 2.00 bits per heavy atom. The Bertz CT molecular complexity index is 1180. The van der Waals surface area contributed by atoms with Crippen LogP contribution in [-0.2, 0) is 24.2 Å². The predicted molar refractivity (Wildman–Crippen MR) is 125 cm³/mol. The maximum Gasteiger partial charge on any atom is 0.306 e. The van der Waals surface area contributed by atoms with E-state index in [1.165, 1.54) is 6.07 Å². The number of halogens is 1. The van der Waals surface area contributed by atoms with E-state index in [1.54, 1.807) is 26.2 Å². The number of carboxylic acid groups (broad SMARTS) is 1. The molecule has 5 nitrogen and oxygen atoms in total. The first-order valence-corrected chi connectivity index (χ1v) is 11.1. The highest BCUT2D eigenvalue weighted by atomic mass is 19.1. The van der Waals surface area contributed by atoms with Crippen molar-refractivity contribution in [2.24, 2.45) is 11.7 Å². The SMILES string of the molecule is COc1ccc(F)c(-c2ccc(C3CCc4ccc(C[C@H](C)C(=O)O)cc4O3)cc2CN)c1. The molecule has 0 aromatic heterocycles. The number of carbonyl (C=O) groups is 1. The molecule has 3 aromatic carbocycles. The number of benzene rings is 3. The minimum atomic E-state index is -0.812. The number of hydrogen-bond acceptors (Lipinski definition) is 4. The summed E-state index contributed by atoms with van der Waals surface area (Å²) in [6.45, 7) is 1.97. The summed E-state index contributed by atoms with van der Waals surface area (Å²) in [4.78, 5) is 11.2. The van der Waals surface area contributed by atoms with Gasteiger partial charge < -0.3 is 20.3 Å². The van der Waals surface area contributed by atoms with Crippen LogP contribution < -0.4 is 15.2 Å². The molecule has 0 amide bonds. The number of fused-ring (bicyclic) bond motifs is 1. The predicted octanol–water partition coefficient (Wildman–Crippen LogP) is 5.29. The van der Waals surface area contributed by atoms with Crippen LogP contribution in [0.1, 0.15) is 41.7 Å². The highest BCUT2D eigenvalue weighted by molar-refractivity contribution is 5.70. The van der Waals surface area contributed by atoms with Crippen LogP contribution in [0.25, 0.3) is 11.1 Å². The van der Waals surface area contributed by atoms with Crippen LogP contribution in [0.2, 0.25) is 0 Å². The topological polar surface area (TPSA) is 81.8 Å². The Kier molecular flexibility index (Phi) is 6.65. The van der Waals surface area contributed by atoms with E-state index in [2.05, 4.69) is 0 Å². The van der Waals surface area contributed by atoms with Crippen LogP contribution in [0.3, 0.4) is 0 Å². The fourth-order valence-electron chi connectivity index (χ4n) is 4.30. The Balaban J connectivity index is 1.60. The average Bonchev–Trinajstić information content (AvgIpc) is 2.83. The van der Waals surface area contributed by atoms with Gasteiger partial charge in [-0.2, -0.15) is 0 Å². The molecular formula is C27H28FNO4. The number of carboxylic acids is 1. The van der Waals surface area contributed by atoms with Crippen molar-refractivity contribution in [3.05, 3.63) is 82.7 Å². The van der Waals surface area contributed by atoms with Gasteiger partial charge >= 0.3 is 5.97 Å². The molecule has 172 valence electrons. The molecule has 2 atom stereocenters. The Hall–Kier alpha value is -3.38. The van der Waals surface area contributed by atoms with Gasteiger partial charge in [-0.15, -0.1) is 0 Å². The lowest BCUT2D eigenvalue weighted by atomic mass is 9.91. The molecule has 1 heterocycles. The molecule has 4 rings (SSSR count). The fraction of sp³-hybridized carbons (Fsp3) is 0.296. The fourth-order valence-corrected chi connectivity index (χ4v) is 4.30. The first kappa shape index (κ1) is 22.8. The van der Waals surface area contributed by atoms with Crippen LogP contribution >= 0.6 is 0 Å². The van der Waals surface area contributed by atoms with Gasteiger partial charge in [-0.3, -0.25) is 4.79 Å². The lowest BCUT2D eigenvalue weighted by Gasteiger charge is -2.28. The van der Waals surface area contributed by atoms with Crippen molar-refractivity contribution in [3.63, 3.8) is 0 Å². The molecule has 0 saturated carbocycles. The van der Waals surface area contributed by atoms with Crippen molar-refractivity contribution in [1.29, 1.82) is 0 Å². The van der Waals surface area contributed by atoms with Gasteiger partial charge in [-0.25, -0.2) is 4.39 Å². The third-order valence-corrected chi connectivity index (χ3v) is 6.22. The molecule has 0 spiro atoms. The zero-order chi connectivity index (χ0) is 23.5. The van der Waals surface area contributed by atoms with Gasteiger partial charge in [0.05, 0.1) is 13.0 Å². The largest absolute Gasteiger partial charge is 0.497 e. The molecule has 0 aliphatic carbocycles. The third kappa shape index (κ3) is 4.86. The van der Waals surface area contributed by atoms with Crippen LogP contribution in [0, 0.1) is 11.7 Å². The number of ether oxygens (including phenoxy) is 2. The number of aliphatic carboxylic acids is 1. The van der Waals surface area contributed by atoms with Crippen molar-refractivity contribution < 1.29 is 23.8 Å². The van der Waals surface area contributed by atoms with Crippen molar-refractivity contribution in [2.45, 2.75) is 38.8 Å². The summed E-state index contributed by atoms with van der Waals surface area (Å²) >= 11 is 0. The highest BCUT2D eigenvalue weighted by Gasteiger charge is 2.23. The van der Waals surface area contributed by atoms with Gasteiger partial charge in [-0.1, -0.05) is 37.3 Å². The van der Waals surface area contributed by atoms with Gasteiger partial charge in [0.25, 0.3) is 0 Å². The summed E-state index contributed by atoms with van der Waals surface area (Å²) in [5.41, 5.74) is 11.1. The summed E-state index contributed by atoms with van der Waals surface area (Å²) in [7, 11) is 1.55. The summed E-state index contributed by atoms with van der Waals surface area (Å²) < 4.78 is 26.1. The van der Waals surface area contributed by atoms with E-state index < -0.39 is 11.9 Å². The number of aryl methyl sites for hydroxylation is 1. The molecule has 1 aliphatic heterocycles. The van der Waals surface area contributed by atoms with E-state index in [0.717, 1.165) is 46.4 Å². The van der Waals surface area contributed by atoms with Gasteiger partial charge in [0, 0.05) is 12.1 Å². The molecule has 1 aliphatic rings. The van der Waals surface area contributed by atoms with Gasteiger partial charge in [-0.05, 0) is 71.3 Å². The molecule has 33 heavy (non-hydrogen) atoms. The Labute approximate surface area is 193 Å². The normalized spacial score (nSPS) is 15.9. The van der Waals surface area contributed by atoms with E-state index in [4.69, 9.17) is 15.2 Å². The molecule has 3 N–H and O–H groups in total. The Morgan fingerprint density at radius 3 is 2.73 bits per heavy atom. The van der Waals surface area contributed by atoms with E-state index in [0.29, 0.717) is 17.7 Å². The Morgan fingerprint density at radius 1 is 1.18 bits per heavy atom. The smallest absolute Gasteiger partial charge is 0.306 e. The maximum atomic E-state index is 14.5. The van der Waals surface area contributed by atoms with Crippen LogP contribution in [0.15, 0.2) is 54.6 Å². The number of hydrogen-bond donors (Lipinski definition) is 2.